The molecule has 0 aliphatic carbocycles. The molecule has 4 nitrogen and oxygen atoms in total. The van der Waals surface area contributed by atoms with Gasteiger partial charge in [-0.25, -0.2) is 4.79 Å². The van der Waals surface area contributed by atoms with Crippen molar-refractivity contribution in [3.05, 3.63) is 56.2 Å². The Labute approximate surface area is 134 Å². The molecule has 2 N–H and O–H groups in total. The van der Waals surface area contributed by atoms with Crippen molar-refractivity contribution in [1.82, 2.24) is 0 Å². The maximum absolute atomic E-state index is 12.1. The molecule has 0 bridgehead atoms. The summed E-state index contributed by atoms with van der Waals surface area (Å²) in [6.07, 6.45) is 2.56. The predicted octanol–water partition coefficient (Wildman–Crippen LogP) is 4.17. The zero-order valence-corrected chi connectivity index (χ0v) is 13.5. The lowest BCUT2D eigenvalue weighted by Crippen LogP contribution is -2.09. The fraction of sp³-hybridized carbons (Fsp3) is 0.0667. The Kier molecular flexibility index (Phi) is 4.93. The van der Waals surface area contributed by atoms with E-state index in [0.29, 0.717) is 10.6 Å². The lowest BCUT2D eigenvalue weighted by atomic mass is 10.2. The summed E-state index contributed by atoms with van der Waals surface area (Å²) in [6.45, 7) is 1.93. The van der Waals surface area contributed by atoms with Crippen LogP contribution >= 0.6 is 27.3 Å². The summed E-state index contributed by atoms with van der Waals surface area (Å²) >= 11 is 4.78. The average molecular weight is 366 g/mol. The van der Waals surface area contributed by atoms with Crippen molar-refractivity contribution in [2.75, 3.05) is 5.32 Å². The zero-order valence-electron chi connectivity index (χ0n) is 11.1. The van der Waals surface area contributed by atoms with Crippen LogP contribution in [0.3, 0.4) is 0 Å². The van der Waals surface area contributed by atoms with Gasteiger partial charge in [-0.2, -0.15) is 0 Å². The van der Waals surface area contributed by atoms with E-state index in [1.807, 2.05) is 13.0 Å². The van der Waals surface area contributed by atoms with Crippen LogP contribution in [0.2, 0.25) is 0 Å². The number of carbonyl (C=O) groups excluding carboxylic acids is 1. The van der Waals surface area contributed by atoms with E-state index in [1.165, 1.54) is 17.4 Å². The second-order valence-electron chi connectivity index (χ2n) is 4.32. The van der Waals surface area contributed by atoms with Crippen LogP contribution in [0.25, 0.3) is 6.08 Å². The zero-order chi connectivity index (χ0) is 15.4. The quantitative estimate of drug-likeness (QED) is 0.799. The molecular formula is C15H12BrNO3S. The third kappa shape index (κ3) is 4.27. The second kappa shape index (κ2) is 6.69. The van der Waals surface area contributed by atoms with Crippen LogP contribution in [0.15, 0.2) is 40.2 Å². The summed E-state index contributed by atoms with van der Waals surface area (Å²) in [5, 5.41) is 11.4. The van der Waals surface area contributed by atoms with Crippen LogP contribution < -0.4 is 5.32 Å². The van der Waals surface area contributed by atoms with E-state index in [-0.39, 0.29) is 5.91 Å². The van der Waals surface area contributed by atoms with Crippen molar-refractivity contribution in [2.45, 2.75) is 6.92 Å². The summed E-state index contributed by atoms with van der Waals surface area (Å²) < 4.78 is 0.946. The van der Waals surface area contributed by atoms with Gasteiger partial charge in [-0.15, -0.1) is 11.3 Å². The van der Waals surface area contributed by atoms with E-state index in [0.717, 1.165) is 21.0 Å². The van der Waals surface area contributed by atoms with Gasteiger partial charge >= 0.3 is 5.97 Å². The molecule has 1 aromatic carbocycles. The van der Waals surface area contributed by atoms with Crippen molar-refractivity contribution in [2.24, 2.45) is 0 Å². The first-order valence-electron chi connectivity index (χ1n) is 6.04. The number of amides is 1. The van der Waals surface area contributed by atoms with Crippen molar-refractivity contribution in [3.63, 3.8) is 0 Å². The van der Waals surface area contributed by atoms with Gasteiger partial charge in [0.05, 0.1) is 8.66 Å². The number of hydrogen-bond acceptors (Lipinski definition) is 3. The Morgan fingerprint density at radius 3 is 2.48 bits per heavy atom. The summed E-state index contributed by atoms with van der Waals surface area (Å²) in [7, 11) is 0. The van der Waals surface area contributed by atoms with Gasteiger partial charge in [0, 0.05) is 11.8 Å². The standard InChI is InChI=1S/C15H12BrNO3S/c1-9-8-12(21-14(9)16)15(20)17-11-5-2-10(3-6-11)4-7-13(18)19/h2-8H,1H3,(H,17,20)(H,18,19)/b7-4+. The largest absolute Gasteiger partial charge is 0.478 e. The summed E-state index contributed by atoms with van der Waals surface area (Å²) in [5.74, 6) is -1.16. The fourth-order valence-corrected chi connectivity index (χ4v) is 3.04. The van der Waals surface area contributed by atoms with Gasteiger partial charge in [0.2, 0.25) is 0 Å². The lowest BCUT2D eigenvalue weighted by molar-refractivity contribution is -0.131. The van der Waals surface area contributed by atoms with Gasteiger partial charge in [-0.05, 0) is 58.3 Å². The Balaban J connectivity index is 2.06. The second-order valence-corrected chi connectivity index (χ2v) is 6.69. The number of hydrogen-bond donors (Lipinski definition) is 2. The van der Waals surface area contributed by atoms with Crippen molar-refractivity contribution in [3.8, 4) is 0 Å². The monoisotopic (exact) mass is 365 g/mol. The van der Waals surface area contributed by atoms with E-state index in [2.05, 4.69) is 21.2 Å². The predicted molar refractivity (Wildman–Crippen MR) is 87.8 cm³/mol. The number of rotatable bonds is 4. The lowest BCUT2D eigenvalue weighted by Gasteiger charge is -2.03. The van der Waals surface area contributed by atoms with E-state index < -0.39 is 5.97 Å². The number of carbonyl (C=O) groups is 2. The molecule has 0 atom stereocenters. The van der Waals surface area contributed by atoms with E-state index in [4.69, 9.17) is 5.11 Å². The molecule has 0 saturated carbocycles. The maximum atomic E-state index is 12.1. The number of aryl methyl sites for hydroxylation is 1. The molecule has 0 fully saturated rings. The van der Waals surface area contributed by atoms with Crippen molar-refractivity contribution < 1.29 is 14.7 Å². The Morgan fingerprint density at radius 1 is 1.29 bits per heavy atom. The number of thiophene rings is 1. The van der Waals surface area contributed by atoms with Gasteiger partial charge in [0.1, 0.15) is 0 Å². The number of carboxylic acids is 1. The molecule has 0 saturated heterocycles. The third-order valence-corrected chi connectivity index (χ3v) is 4.80. The third-order valence-electron chi connectivity index (χ3n) is 2.67. The van der Waals surface area contributed by atoms with Crippen LogP contribution in [0.1, 0.15) is 20.8 Å². The van der Waals surface area contributed by atoms with Gasteiger partial charge in [-0.1, -0.05) is 12.1 Å². The van der Waals surface area contributed by atoms with E-state index in [1.54, 1.807) is 24.3 Å². The van der Waals surface area contributed by atoms with Crippen molar-refractivity contribution >= 4 is 50.9 Å². The first-order valence-corrected chi connectivity index (χ1v) is 7.65. The minimum atomic E-state index is -0.994. The molecule has 21 heavy (non-hydrogen) atoms. The highest BCUT2D eigenvalue weighted by molar-refractivity contribution is 9.11. The van der Waals surface area contributed by atoms with Crippen LogP contribution in [0.4, 0.5) is 5.69 Å². The van der Waals surface area contributed by atoms with E-state index >= 15 is 0 Å². The van der Waals surface area contributed by atoms with Crippen LogP contribution in [0, 0.1) is 6.92 Å². The molecule has 1 amide bonds. The molecular weight excluding hydrogens is 354 g/mol. The molecule has 1 aromatic heterocycles. The van der Waals surface area contributed by atoms with Crippen LogP contribution in [-0.2, 0) is 4.79 Å². The van der Waals surface area contributed by atoms with Crippen molar-refractivity contribution in [1.29, 1.82) is 0 Å². The number of anilines is 1. The highest BCUT2D eigenvalue weighted by Gasteiger charge is 2.11. The Bertz CT molecular complexity index is 685. The summed E-state index contributed by atoms with van der Waals surface area (Å²) in [4.78, 5) is 23.1. The van der Waals surface area contributed by atoms with E-state index in [9.17, 15) is 9.59 Å². The van der Waals surface area contributed by atoms with Gasteiger partial charge in [0.15, 0.2) is 0 Å². The van der Waals surface area contributed by atoms with Crippen LogP contribution in [0.5, 0.6) is 0 Å². The molecule has 0 aliphatic heterocycles. The van der Waals surface area contributed by atoms with Gasteiger partial charge < -0.3 is 10.4 Å². The SMILES string of the molecule is Cc1cc(C(=O)Nc2ccc(/C=C/C(=O)O)cc2)sc1Br. The smallest absolute Gasteiger partial charge is 0.328 e. The summed E-state index contributed by atoms with van der Waals surface area (Å²) in [6, 6.07) is 8.77. The van der Waals surface area contributed by atoms with Gasteiger partial charge in [-0.3, -0.25) is 4.79 Å². The minimum absolute atomic E-state index is 0.164. The molecule has 6 heteroatoms. The molecule has 0 aliphatic rings. The minimum Gasteiger partial charge on any atom is -0.478 e. The number of benzene rings is 1. The normalized spacial score (nSPS) is 10.8. The number of carboxylic acid groups (broad SMARTS) is 1. The van der Waals surface area contributed by atoms with Crippen LogP contribution in [-0.4, -0.2) is 17.0 Å². The fourth-order valence-electron chi connectivity index (χ4n) is 1.61. The maximum Gasteiger partial charge on any atom is 0.328 e. The molecule has 108 valence electrons. The highest BCUT2D eigenvalue weighted by Crippen LogP contribution is 2.27. The Morgan fingerprint density at radius 2 is 1.95 bits per heavy atom. The highest BCUT2D eigenvalue weighted by atomic mass is 79.9. The summed E-state index contributed by atoms with van der Waals surface area (Å²) in [5.41, 5.74) is 2.44. The first kappa shape index (κ1) is 15.5. The molecule has 0 spiro atoms. The molecule has 1 heterocycles. The number of aliphatic carboxylic acids is 1. The Hall–Kier alpha value is -1.92. The molecule has 0 unspecified atom stereocenters. The topological polar surface area (TPSA) is 66.4 Å². The number of nitrogens with one attached hydrogen (secondary N) is 1. The average Bonchev–Trinajstić information content (AvgIpc) is 2.78. The molecule has 0 radical (unpaired) electrons. The molecule has 2 rings (SSSR count). The van der Waals surface area contributed by atoms with Gasteiger partial charge in [0.25, 0.3) is 5.91 Å². The molecule has 2 aromatic rings. The number of halogens is 1. The first-order chi connectivity index (χ1) is 9.95.